The molecule has 3 aromatic heterocycles. The number of H-pyrrole nitrogens is 1. The molecule has 0 aliphatic heterocycles. The van der Waals surface area contributed by atoms with Crippen molar-refractivity contribution in [3.63, 3.8) is 0 Å². The first-order valence-corrected chi connectivity index (χ1v) is 9.34. The number of aromatic nitrogens is 4. The summed E-state index contributed by atoms with van der Waals surface area (Å²) < 4.78 is 1.82. The Hall–Kier alpha value is -4.11. The number of anilines is 2. The van der Waals surface area contributed by atoms with E-state index in [4.69, 9.17) is 4.98 Å². The maximum atomic E-state index is 9.48. The van der Waals surface area contributed by atoms with Crippen LogP contribution in [0.25, 0.3) is 27.8 Å². The molecule has 2 N–H and O–H groups in total. The van der Waals surface area contributed by atoms with Gasteiger partial charge in [0.25, 0.3) is 0 Å². The van der Waals surface area contributed by atoms with Crippen LogP contribution in [-0.2, 0) is 0 Å². The van der Waals surface area contributed by atoms with Crippen LogP contribution in [-0.4, -0.2) is 19.6 Å². The van der Waals surface area contributed by atoms with E-state index in [0.29, 0.717) is 11.2 Å². The lowest BCUT2D eigenvalue weighted by Crippen LogP contribution is -2.00. The van der Waals surface area contributed by atoms with Gasteiger partial charge in [-0.25, -0.2) is 9.50 Å². The van der Waals surface area contributed by atoms with Crippen LogP contribution in [0.15, 0.2) is 60.9 Å². The van der Waals surface area contributed by atoms with E-state index in [2.05, 4.69) is 53.5 Å². The van der Waals surface area contributed by atoms with Gasteiger partial charge in [-0.1, -0.05) is 35.9 Å². The van der Waals surface area contributed by atoms with Gasteiger partial charge < -0.3 is 5.32 Å². The molecule has 0 spiro atoms. The zero-order valence-corrected chi connectivity index (χ0v) is 16.1. The van der Waals surface area contributed by atoms with Crippen molar-refractivity contribution in [2.75, 3.05) is 5.32 Å². The van der Waals surface area contributed by atoms with Crippen LogP contribution in [0.5, 0.6) is 0 Å². The predicted octanol–water partition coefficient (Wildman–Crippen LogP) is 5.11. The largest absolute Gasteiger partial charge is 0.338 e. The summed E-state index contributed by atoms with van der Waals surface area (Å²) in [7, 11) is 0. The maximum Gasteiger partial charge on any atom is 0.173 e. The van der Waals surface area contributed by atoms with E-state index in [1.54, 1.807) is 12.4 Å². The molecule has 5 rings (SSSR count). The Morgan fingerprint density at radius 2 is 1.97 bits per heavy atom. The molecular weight excluding hydrogens is 360 g/mol. The fraction of sp³-hybridized carbons (Fsp3) is 0.0870. The lowest BCUT2D eigenvalue weighted by molar-refractivity contribution is 0.979. The Balaban J connectivity index is 1.78. The number of pyridine rings is 1. The number of rotatable bonds is 3. The first-order valence-electron chi connectivity index (χ1n) is 9.34. The van der Waals surface area contributed by atoms with Crippen molar-refractivity contribution in [3.05, 3.63) is 77.6 Å². The van der Waals surface area contributed by atoms with Gasteiger partial charge in [0.05, 0.1) is 5.52 Å². The summed E-state index contributed by atoms with van der Waals surface area (Å²) >= 11 is 0. The summed E-state index contributed by atoms with van der Waals surface area (Å²) in [4.78, 5) is 9.29. The van der Waals surface area contributed by atoms with Gasteiger partial charge in [-0.15, -0.1) is 0 Å². The summed E-state index contributed by atoms with van der Waals surface area (Å²) in [5.74, 6) is 0.782. The van der Waals surface area contributed by atoms with Crippen molar-refractivity contribution < 1.29 is 0 Å². The quantitative estimate of drug-likeness (QED) is 0.457. The molecule has 0 aliphatic rings. The molecule has 0 radical (unpaired) electrons. The topological polar surface area (TPSA) is 81.8 Å². The molecule has 6 heteroatoms. The number of benzene rings is 2. The number of nitriles is 1. The summed E-state index contributed by atoms with van der Waals surface area (Å²) in [6.07, 6.45) is 3.46. The highest BCUT2D eigenvalue weighted by atomic mass is 15.3. The second kappa shape index (κ2) is 6.50. The average molecular weight is 378 g/mol. The molecule has 0 saturated carbocycles. The van der Waals surface area contributed by atoms with Crippen LogP contribution in [0.3, 0.4) is 0 Å². The number of hydrogen-bond donors (Lipinski definition) is 2. The van der Waals surface area contributed by atoms with E-state index in [9.17, 15) is 5.26 Å². The van der Waals surface area contributed by atoms with Gasteiger partial charge in [-0.3, -0.25) is 10.1 Å². The highest BCUT2D eigenvalue weighted by Gasteiger charge is 2.20. The van der Waals surface area contributed by atoms with Gasteiger partial charge in [0.2, 0.25) is 0 Å². The molecule has 0 saturated heterocycles. The normalized spacial score (nSPS) is 11.1. The maximum absolute atomic E-state index is 9.48. The molecular formula is C23H18N6. The van der Waals surface area contributed by atoms with E-state index < -0.39 is 0 Å². The number of fused-ring (bicyclic) bond motifs is 2. The Bertz CT molecular complexity index is 1410. The Morgan fingerprint density at radius 1 is 1.10 bits per heavy atom. The molecule has 5 aromatic rings. The lowest BCUT2D eigenvalue weighted by atomic mass is 10.1. The van der Waals surface area contributed by atoms with Crippen molar-refractivity contribution in [1.29, 1.82) is 5.26 Å². The number of aromatic amines is 1. The monoisotopic (exact) mass is 378 g/mol. The van der Waals surface area contributed by atoms with E-state index in [1.165, 1.54) is 5.56 Å². The molecule has 2 aromatic carbocycles. The third-order valence-corrected chi connectivity index (χ3v) is 5.12. The molecule has 140 valence electrons. The summed E-state index contributed by atoms with van der Waals surface area (Å²) in [5, 5.41) is 17.2. The van der Waals surface area contributed by atoms with Crippen molar-refractivity contribution in [3.8, 4) is 17.3 Å². The molecule has 0 bridgehead atoms. The van der Waals surface area contributed by atoms with Crippen LogP contribution in [0, 0.1) is 25.2 Å². The summed E-state index contributed by atoms with van der Waals surface area (Å²) in [5.41, 5.74) is 7.06. The van der Waals surface area contributed by atoms with Crippen molar-refractivity contribution in [2.24, 2.45) is 0 Å². The van der Waals surface area contributed by atoms with Crippen LogP contribution < -0.4 is 5.32 Å². The van der Waals surface area contributed by atoms with Crippen molar-refractivity contribution in [2.45, 2.75) is 13.8 Å². The van der Waals surface area contributed by atoms with Gasteiger partial charge >= 0.3 is 0 Å². The molecule has 0 atom stereocenters. The zero-order chi connectivity index (χ0) is 20.0. The SMILES string of the molecule is Cc1ccc(Nc2c(-c3ccnc4ccccc34)nc3c(C#N)c[nH]n23)c(C)c1. The van der Waals surface area contributed by atoms with Crippen LogP contribution >= 0.6 is 0 Å². The van der Waals surface area contributed by atoms with Gasteiger partial charge in [-0.05, 0) is 37.6 Å². The van der Waals surface area contributed by atoms with Crippen LogP contribution in [0.2, 0.25) is 0 Å². The highest BCUT2D eigenvalue weighted by Crippen LogP contribution is 2.35. The molecule has 0 aliphatic carbocycles. The first kappa shape index (κ1) is 17.0. The second-order valence-corrected chi connectivity index (χ2v) is 7.09. The van der Waals surface area contributed by atoms with Gasteiger partial charge in [-0.2, -0.15) is 5.26 Å². The van der Waals surface area contributed by atoms with Crippen molar-refractivity contribution >= 4 is 28.1 Å². The summed E-state index contributed by atoms with van der Waals surface area (Å²) in [6.45, 7) is 4.15. The van der Waals surface area contributed by atoms with E-state index >= 15 is 0 Å². The molecule has 3 heterocycles. The van der Waals surface area contributed by atoms with Gasteiger partial charge in [0, 0.05) is 29.0 Å². The molecule has 0 unspecified atom stereocenters. The molecule has 0 amide bonds. The third-order valence-electron chi connectivity index (χ3n) is 5.12. The first-order chi connectivity index (χ1) is 14.2. The Kier molecular flexibility index (Phi) is 3.81. The van der Waals surface area contributed by atoms with Gasteiger partial charge in [0.1, 0.15) is 17.3 Å². The molecule has 6 nitrogen and oxygen atoms in total. The van der Waals surface area contributed by atoms with E-state index in [-0.39, 0.29) is 0 Å². The van der Waals surface area contributed by atoms with Crippen molar-refractivity contribution in [1.82, 2.24) is 19.6 Å². The Labute approximate surface area is 167 Å². The number of para-hydroxylation sites is 1. The summed E-state index contributed by atoms with van der Waals surface area (Å²) in [6, 6.07) is 18.4. The lowest BCUT2D eigenvalue weighted by Gasteiger charge is -2.12. The zero-order valence-electron chi connectivity index (χ0n) is 16.1. The average Bonchev–Trinajstić information content (AvgIpc) is 3.29. The minimum atomic E-state index is 0.498. The second-order valence-electron chi connectivity index (χ2n) is 7.09. The Morgan fingerprint density at radius 3 is 2.79 bits per heavy atom. The third kappa shape index (κ3) is 2.72. The molecule has 29 heavy (non-hydrogen) atoms. The minimum absolute atomic E-state index is 0.498. The van der Waals surface area contributed by atoms with Gasteiger partial charge in [0.15, 0.2) is 11.5 Å². The highest BCUT2D eigenvalue weighted by molar-refractivity contribution is 5.97. The number of nitrogens with one attached hydrogen (secondary N) is 2. The number of aryl methyl sites for hydroxylation is 2. The molecule has 0 fully saturated rings. The van der Waals surface area contributed by atoms with E-state index in [1.807, 2.05) is 34.8 Å². The predicted molar refractivity (Wildman–Crippen MR) is 114 cm³/mol. The fourth-order valence-electron chi connectivity index (χ4n) is 3.69. The van der Waals surface area contributed by atoms with Crippen LogP contribution in [0.1, 0.15) is 16.7 Å². The van der Waals surface area contributed by atoms with E-state index in [0.717, 1.165) is 39.2 Å². The standard InChI is InChI=1S/C23H18N6/c1-14-7-8-19(15(2)11-14)27-23-21(28-22-16(12-24)13-26-29(22)23)18-9-10-25-20-6-4-3-5-17(18)20/h3-11,13,26-27H,1-2H3. The number of nitrogens with zero attached hydrogens (tertiary/aromatic N) is 4. The minimum Gasteiger partial charge on any atom is -0.338 e. The fourth-order valence-corrected chi connectivity index (χ4v) is 3.69. The van der Waals surface area contributed by atoms with Crippen LogP contribution in [0.4, 0.5) is 11.5 Å². The number of hydrogen-bond acceptors (Lipinski definition) is 4. The smallest absolute Gasteiger partial charge is 0.173 e. The number of imidazole rings is 1.